The average Bonchev–Trinajstić information content (AvgIpc) is 2.57. The van der Waals surface area contributed by atoms with Crippen LogP contribution in [-0.2, 0) is 19.1 Å². The molecule has 1 amide bonds. The number of hydrogen-bond donors (Lipinski definition) is 1. The van der Waals surface area contributed by atoms with Gasteiger partial charge in [-0.2, -0.15) is 11.8 Å². The van der Waals surface area contributed by atoms with Crippen molar-refractivity contribution >= 4 is 29.4 Å². The lowest BCUT2D eigenvalue weighted by Gasteiger charge is -2.18. The maximum absolute atomic E-state index is 11.5. The molecule has 1 aliphatic rings. The molecular formula is C13H21NO4S. The van der Waals surface area contributed by atoms with Crippen LogP contribution in [-0.4, -0.2) is 41.8 Å². The predicted octanol–water partition coefficient (Wildman–Crippen LogP) is 1.30. The molecule has 1 unspecified atom stereocenters. The Labute approximate surface area is 117 Å². The average molecular weight is 287 g/mol. The quantitative estimate of drug-likeness (QED) is 0.609. The third-order valence-electron chi connectivity index (χ3n) is 3.05. The van der Waals surface area contributed by atoms with Crippen molar-refractivity contribution in [3.8, 4) is 0 Å². The summed E-state index contributed by atoms with van der Waals surface area (Å²) in [7, 11) is 1.30. The van der Waals surface area contributed by atoms with Crippen LogP contribution in [0.15, 0.2) is 0 Å². The Bertz CT molecular complexity index is 346. The van der Waals surface area contributed by atoms with Gasteiger partial charge in [0.1, 0.15) is 11.8 Å². The smallest absolute Gasteiger partial charge is 0.329 e. The third kappa shape index (κ3) is 6.09. The first-order chi connectivity index (χ1) is 9.02. The van der Waals surface area contributed by atoms with Gasteiger partial charge in [0.05, 0.1) is 7.11 Å². The normalized spacial score (nSPS) is 21.4. The van der Waals surface area contributed by atoms with Gasteiger partial charge < -0.3 is 10.1 Å². The molecule has 0 aromatic carbocycles. The Kier molecular flexibility index (Phi) is 6.91. The summed E-state index contributed by atoms with van der Waals surface area (Å²) in [6.07, 6.45) is 4.24. The van der Waals surface area contributed by atoms with Gasteiger partial charge in [0, 0.05) is 30.8 Å². The molecule has 5 nitrogen and oxygen atoms in total. The van der Waals surface area contributed by atoms with Crippen LogP contribution in [0.3, 0.4) is 0 Å². The highest BCUT2D eigenvalue weighted by Gasteiger charge is 2.24. The first-order valence-corrected chi connectivity index (χ1v) is 7.56. The van der Waals surface area contributed by atoms with Gasteiger partial charge in [0.2, 0.25) is 5.91 Å². The van der Waals surface area contributed by atoms with Crippen LogP contribution in [0.5, 0.6) is 0 Å². The Morgan fingerprint density at radius 3 is 2.84 bits per heavy atom. The molecule has 1 rings (SSSR count). The van der Waals surface area contributed by atoms with Crippen molar-refractivity contribution in [1.82, 2.24) is 5.32 Å². The van der Waals surface area contributed by atoms with Gasteiger partial charge in [0.25, 0.3) is 0 Å². The lowest BCUT2D eigenvalue weighted by atomic mass is 10.2. The number of Topliss-reactive ketones (excluding diaryl/α,β-unsaturated/α-hetero) is 1. The highest BCUT2D eigenvalue weighted by molar-refractivity contribution is 8.00. The van der Waals surface area contributed by atoms with Gasteiger partial charge in [0.15, 0.2) is 0 Å². The molecule has 108 valence electrons. The summed E-state index contributed by atoms with van der Waals surface area (Å²) in [4.78, 5) is 34.1. The highest BCUT2D eigenvalue weighted by atomic mass is 32.2. The fourth-order valence-electron chi connectivity index (χ4n) is 2.08. The Morgan fingerprint density at radius 1 is 1.47 bits per heavy atom. The molecule has 0 radical (unpaired) electrons. The summed E-state index contributed by atoms with van der Waals surface area (Å²) in [5, 5.41) is 2.82. The van der Waals surface area contributed by atoms with Crippen molar-refractivity contribution in [2.45, 2.75) is 50.3 Å². The minimum Gasteiger partial charge on any atom is -0.467 e. The molecule has 2 atom stereocenters. The SMILES string of the molecule is COC(=O)[C@H](CSC1CCCCC(=O)C1)NC(C)=O. The standard InChI is InChI=1S/C13H21NO4S/c1-9(15)14-12(13(17)18-2)8-19-11-6-4-3-5-10(16)7-11/h11-12H,3-8H2,1-2H3,(H,14,15)/t11?,12-/m0/s1. The summed E-state index contributed by atoms with van der Waals surface area (Å²) in [6.45, 7) is 1.37. The number of ether oxygens (including phenoxy) is 1. The number of nitrogens with one attached hydrogen (secondary N) is 1. The van der Waals surface area contributed by atoms with Crippen LogP contribution in [0, 0.1) is 0 Å². The first-order valence-electron chi connectivity index (χ1n) is 6.51. The summed E-state index contributed by atoms with van der Waals surface area (Å²) < 4.78 is 4.67. The lowest BCUT2D eigenvalue weighted by Crippen LogP contribution is -2.42. The number of thioether (sulfide) groups is 1. The molecule has 19 heavy (non-hydrogen) atoms. The molecule has 1 saturated carbocycles. The zero-order valence-corrected chi connectivity index (χ0v) is 12.3. The van der Waals surface area contributed by atoms with E-state index in [0.717, 1.165) is 19.3 Å². The zero-order chi connectivity index (χ0) is 14.3. The summed E-state index contributed by atoms with van der Waals surface area (Å²) in [6, 6.07) is -0.633. The van der Waals surface area contributed by atoms with E-state index >= 15 is 0 Å². The van der Waals surface area contributed by atoms with Crippen molar-refractivity contribution < 1.29 is 19.1 Å². The van der Waals surface area contributed by atoms with Crippen molar-refractivity contribution in [1.29, 1.82) is 0 Å². The summed E-state index contributed by atoms with van der Waals surface area (Å²) in [5.41, 5.74) is 0. The Morgan fingerprint density at radius 2 is 2.21 bits per heavy atom. The van der Waals surface area contributed by atoms with Crippen molar-refractivity contribution in [2.24, 2.45) is 0 Å². The van der Waals surface area contributed by atoms with Crippen LogP contribution in [0.4, 0.5) is 0 Å². The molecular weight excluding hydrogens is 266 g/mol. The number of hydrogen-bond acceptors (Lipinski definition) is 5. The molecule has 0 saturated heterocycles. The van der Waals surface area contributed by atoms with Crippen LogP contribution < -0.4 is 5.32 Å². The van der Waals surface area contributed by atoms with Gasteiger partial charge in [-0.1, -0.05) is 6.42 Å². The number of amides is 1. The first kappa shape index (κ1) is 16.0. The molecule has 6 heteroatoms. The minimum absolute atomic E-state index is 0.246. The van der Waals surface area contributed by atoms with Crippen LogP contribution in [0.25, 0.3) is 0 Å². The topological polar surface area (TPSA) is 72.5 Å². The van der Waals surface area contributed by atoms with E-state index in [4.69, 9.17) is 0 Å². The maximum atomic E-state index is 11.5. The highest BCUT2D eigenvalue weighted by Crippen LogP contribution is 2.26. The molecule has 1 aliphatic carbocycles. The maximum Gasteiger partial charge on any atom is 0.329 e. The van der Waals surface area contributed by atoms with Crippen LogP contribution in [0.1, 0.15) is 39.0 Å². The van der Waals surface area contributed by atoms with E-state index in [-0.39, 0.29) is 11.2 Å². The molecule has 0 aliphatic heterocycles. The second-order valence-electron chi connectivity index (χ2n) is 4.72. The number of carbonyl (C=O) groups is 3. The van der Waals surface area contributed by atoms with E-state index in [0.29, 0.717) is 24.4 Å². The number of methoxy groups -OCH3 is 1. The lowest BCUT2D eigenvalue weighted by molar-refractivity contribution is -0.144. The van der Waals surface area contributed by atoms with Crippen molar-refractivity contribution in [3.05, 3.63) is 0 Å². The second-order valence-corrected chi connectivity index (χ2v) is 6.05. The van der Waals surface area contributed by atoms with Crippen molar-refractivity contribution in [3.63, 3.8) is 0 Å². The molecule has 1 N–H and O–H groups in total. The number of esters is 1. The molecule has 0 spiro atoms. The Hall–Kier alpha value is -1.04. The van der Waals surface area contributed by atoms with Gasteiger partial charge in [-0.3, -0.25) is 9.59 Å². The second kappa shape index (κ2) is 8.19. The van der Waals surface area contributed by atoms with E-state index in [1.807, 2.05) is 0 Å². The number of carbonyl (C=O) groups excluding carboxylic acids is 3. The third-order valence-corrected chi connectivity index (χ3v) is 4.45. The van der Waals surface area contributed by atoms with E-state index in [1.54, 1.807) is 11.8 Å². The van der Waals surface area contributed by atoms with E-state index in [9.17, 15) is 14.4 Å². The molecule has 0 aromatic heterocycles. The summed E-state index contributed by atoms with van der Waals surface area (Å²) >= 11 is 1.57. The molecule has 0 heterocycles. The van der Waals surface area contributed by atoms with Gasteiger partial charge in [-0.05, 0) is 12.8 Å². The molecule has 0 bridgehead atoms. The fourth-order valence-corrected chi connectivity index (χ4v) is 3.40. The van der Waals surface area contributed by atoms with Gasteiger partial charge in [-0.15, -0.1) is 0 Å². The number of ketones is 1. The molecule has 0 aromatic rings. The van der Waals surface area contributed by atoms with E-state index in [1.165, 1.54) is 14.0 Å². The van der Waals surface area contributed by atoms with Crippen molar-refractivity contribution in [2.75, 3.05) is 12.9 Å². The predicted molar refractivity (Wildman–Crippen MR) is 74.0 cm³/mol. The number of rotatable bonds is 5. The van der Waals surface area contributed by atoms with E-state index < -0.39 is 12.0 Å². The van der Waals surface area contributed by atoms with Gasteiger partial charge in [-0.25, -0.2) is 4.79 Å². The molecule has 1 fully saturated rings. The fraction of sp³-hybridized carbons (Fsp3) is 0.769. The zero-order valence-electron chi connectivity index (χ0n) is 11.4. The van der Waals surface area contributed by atoms with Crippen LogP contribution in [0.2, 0.25) is 0 Å². The van der Waals surface area contributed by atoms with Gasteiger partial charge >= 0.3 is 5.97 Å². The van der Waals surface area contributed by atoms with E-state index in [2.05, 4.69) is 10.1 Å². The monoisotopic (exact) mass is 287 g/mol. The largest absolute Gasteiger partial charge is 0.467 e. The Balaban J connectivity index is 2.47. The summed E-state index contributed by atoms with van der Waals surface area (Å²) in [5.74, 6) is 0.0456. The minimum atomic E-state index is -0.633. The van der Waals surface area contributed by atoms with Crippen LogP contribution >= 0.6 is 11.8 Å².